The number of carboxylic acid groups (broad SMARTS) is 2. The molecule has 17 heavy (non-hydrogen) atoms. The summed E-state index contributed by atoms with van der Waals surface area (Å²) in [4.78, 5) is 20.8. The fourth-order valence-corrected chi connectivity index (χ4v) is 2.10. The molecule has 94 valence electrons. The molecule has 1 heterocycles. The predicted molar refractivity (Wildman–Crippen MR) is 62.5 cm³/mol. The average Bonchev–Trinajstić information content (AvgIpc) is 2.71. The Balaban J connectivity index is 2.13. The van der Waals surface area contributed by atoms with Crippen molar-refractivity contribution in [3.8, 4) is 0 Å². The second kappa shape index (κ2) is 7.01. The number of carbonyl (C=O) groups is 2. The third-order valence-corrected chi connectivity index (χ3v) is 3.07. The topological polar surface area (TPSA) is 87.7 Å². The van der Waals surface area contributed by atoms with Gasteiger partial charge in [-0.1, -0.05) is 18.2 Å². The van der Waals surface area contributed by atoms with Gasteiger partial charge in [-0.2, -0.15) is 0 Å². The van der Waals surface area contributed by atoms with Crippen LogP contribution in [0.4, 0.5) is 0 Å². The van der Waals surface area contributed by atoms with Crippen molar-refractivity contribution in [3.05, 3.63) is 17.9 Å². The fraction of sp³-hybridized carbons (Fsp3) is 0.455. The van der Waals surface area contributed by atoms with Crippen molar-refractivity contribution in [3.63, 3.8) is 0 Å². The summed E-state index contributed by atoms with van der Waals surface area (Å²) in [5.74, 6) is -1.10. The van der Waals surface area contributed by atoms with Crippen LogP contribution in [0.1, 0.15) is 36.2 Å². The molecule has 1 rings (SSSR count). The van der Waals surface area contributed by atoms with E-state index in [0.717, 1.165) is 18.6 Å². The molecule has 0 fully saturated rings. The van der Waals surface area contributed by atoms with E-state index in [1.165, 1.54) is 17.8 Å². The zero-order valence-corrected chi connectivity index (χ0v) is 10.0. The minimum Gasteiger partial charge on any atom is -0.481 e. The molecule has 0 aliphatic heterocycles. The number of aromatic carboxylic acids is 1. The lowest BCUT2D eigenvalue weighted by molar-refractivity contribution is -0.137. The first-order valence-corrected chi connectivity index (χ1v) is 6.26. The lowest BCUT2D eigenvalue weighted by Crippen LogP contribution is -1.93. The van der Waals surface area contributed by atoms with Gasteiger partial charge in [-0.05, 0) is 25.0 Å². The molecule has 0 aliphatic carbocycles. The van der Waals surface area contributed by atoms with Gasteiger partial charge in [-0.15, -0.1) is 0 Å². The molecule has 0 aromatic carbocycles. The van der Waals surface area contributed by atoms with Crippen LogP contribution in [0.5, 0.6) is 0 Å². The number of thioether (sulfide) groups is 1. The van der Waals surface area contributed by atoms with E-state index in [2.05, 4.69) is 0 Å². The first-order valence-electron chi connectivity index (χ1n) is 5.27. The van der Waals surface area contributed by atoms with Crippen LogP contribution in [-0.4, -0.2) is 27.9 Å². The van der Waals surface area contributed by atoms with Crippen LogP contribution in [-0.2, 0) is 4.79 Å². The molecule has 1 aromatic heterocycles. The van der Waals surface area contributed by atoms with Crippen molar-refractivity contribution in [1.82, 2.24) is 0 Å². The molecule has 0 saturated heterocycles. The molecule has 0 bridgehead atoms. The summed E-state index contributed by atoms with van der Waals surface area (Å²) in [6.07, 6.45) is 2.62. The summed E-state index contributed by atoms with van der Waals surface area (Å²) >= 11 is 1.44. The van der Waals surface area contributed by atoms with Gasteiger partial charge in [0.05, 0.1) is 0 Å². The summed E-state index contributed by atoms with van der Waals surface area (Å²) in [6.45, 7) is 0. The molecule has 0 radical (unpaired) electrons. The molecule has 0 amide bonds. The van der Waals surface area contributed by atoms with E-state index in [4.69, 9.17) is 14.6 Å². The Morgan fingerprint density at radius 2 is 1.94 bits per heavy atom. The van der Waals surface area contributed by atoms with E-state index in [1.807, 2.05) is 0 Å². The Morgan fingerprint density at radius 3 is 2.53 bits per heavy atom. The van der Waals surface area contributed by atoms with Gasteiger partial charge >= 0.3 is 11.9 Å². The van der Waals surface area contributed by atoms with Crippen LogP contribution in [0.15, 0.2) is 21.6 Å². The average molecular weight is 258 g/mol. The van der Waals surface area contributed by atoms with Crippen molar-refractivity contribution in [1.29, 1.82) is 0 Å². The lowest BCUT2D eigenvalue weighted by atomic mass is 10.2. The molecule has 0 saturated carbocycles. The van der Waals surface area contributed by atoms with Crippen molar-refractivity contribution >= 4 is 23.7 Å². The molecule has 2 N–H and O–H groups in total. The number of hydrogen-bond acceptors (Lipinski definition) is 4. The van der Waals surface area contributed by atoms with Gasteiger partial charge < -0.3 is 14.6 Å². The highest BCUT2D eigenvalue weighted by molar-refractivity contribution is 7.99. The fourth-order valence-electron chi connectivity index (χ4n) is 1.24. The number of aliphatic carboxylic acids is 1. The monoisotopic (exact) mass is 258 g/mol. The summed E-state index contributed by atoms with van der Waals surface area (Å²) in [7, 11) is 0. The van der Waals surface area contributed by atoms with Crippen LogP contribution in [0, 0.1) is 0 Å². The van der Waals surface area contributed by atoms with Crippen LogP contribution < -0.4 is 0 Å². The maximum absolute atomic E-state index is 10.5. The predicted octanol–water partition coefficient (Wildman–Crippen LogP) is 2.71. The molecule has 6 heteroatoms. The smallest absolute Gasteiger partial charge is 0.371 e. The van der Waals surface area contributed by atoms with E-state index < -0.39 is 11.9 Å². The van der Waals surface area contributed by atoms with E-state index in [9.17, 15) is 9.59 Å². The first kappa shape index (κ1) is 13.6. The number of unbranched alkanes of at least 4 members (excludes halogenated alkanes) is 2. The zero-order chi connectivity index (χ0) is 12.7. The minimum absolute atomic E-state index is 0.0571. The lowest BCUT2D eigenvalue weighted by Gasteiger charge is -1.98. The highest BCUT2D eigenvalue weighted by Gasteiger charge is 2.08. The van der Waals surface area contributed by atoms with Crippen molar-refractivity contribution in [2.24, 2.45) is 0 Å². The maximum atomic E-state index is 10.5. The quantitative estimate of drug-likeness (QED) is 0.550. The second-order valence-electron chi connectivity index (χ2n) is 3.48. The van der Waals surface area contributed by atoms with Gasteiger partial charge in [0.25, 0.3) is 0 Å². The largest absolute Gasteiger partial charge is 0.481 e. The van der Waals surface area contributed by atoms with E-state index >= 15 is 0 Å². The third kappa shape index (κ3) is 5.44. The van der Waals surface area contributed by atoms with Gasteiger partial charge in [0, 0.05) is 12.2 Å². The summed E-state index contributed by atoms with van der Waals surface area (Å²) in [6, 6.07) is 3.06. The summed E-state index contributed by atoms with van der Waals surface area (Å²) < 4.78 is 5.06. The Bertz CT molecular complexity index is 385. The molecular weight excluding hydrogens is 244 g/mol. The second-order valence-corrected chi connectivity index (χ2v) is 4.58. The Hall–Kier alpha value is -1.43. The van der Waals surface area contributed by atoms with Crippen LogP contribution in [0.3, 0.4) is 0 Å². The molecule has 0 atom stereocenters. The summed E-state index contributed by atoms with van der Waals surface area (Å²) in [5.41, 5.74) is 0. The van der Waals surface area contributed by atoms with Crippen LogP contribution in [0.2, 0.25) is 0 Å². The Morgan fingerprint density at radius 1 is 1.18 bits per heavy atom. The third-order valence-electron chi connectivity index (χ3n) is 2.07. The first-order chi connectivity index (χ1) is 8.09. The van der Waals surface area contributed by atoms with E-state index in [0.29, 0.717) is 11.5 Å². The van der Waals surface area contributed by atoms with Crippen LogP contribution in [0.25, 0.3) is 0 Å². The molecule has 5 nitrogen and oxygen atoms in total. The van der Waals surface area contributed by atoms with Gasteiger partial charge in [0.1, 0.15) is 0 Å². The Kier molecular flexibility index (Phi) is 5.62. The zero-order valence-electron chi connectivity index (χ0n) is 9.22. The van der Waals surface area contributed by atoms with Crippen molar-refractivity contribution in [2.45, 2.75) is 30.8 Å². The highest BCUT2D eigenvalue weighted by atomic mass is 32.2. The van der Waals surface area contributed by atoms with E-state index in [1.54, 1.807) is 6.07 Å². The maximum Gasteiger partial charge on any atom is 0.371 e. The van der Waals surface area contributed by atoms with Crippen molar-refractivity contribution < 1.29 is 24.2 Å². The minimum atomic E-state index is -1.07. The molecule has 1 aromatic rings. The standard InChI is InChI=1S/C11H14O5S/c12-9(13)4-2-1-3-7-17-10-6-5-8(16-10)11(14)15/h5-6H,1-4,7H2,(H,12,13)(H,14,15). The van der Waals surface area contributed by atoms with Gasteiger partial charge in [0.2, 0.25) is 5.76 Å². The Labute approximate surface area is 103 Å². The normalized spacial score (nSPS) is 10.4. The molecule has 0 spiro atoms. The SMILES string of the molecule is O=C(O)CCCCCSc1ccc(C(=O)O)o1. The highest BCUT2D eigenvalue weighted by Crippen LogP contribution is 2.22. The van der Waals surface area contributed by atoms with Gasteiger partial charge in [-0.25, -0.2) is 4.79 Å². The van der Waals surface area contributed by atoms with Crippen molar-refractivity contribution in [2.75, 3.05) is 5.75 Å². The molecule has 0 aliphatic rings. The molecule has 0 unspecified atom stereocenters. The number of furan rings is 1. The summed E-state index contributed by atoms with van der Waals surface area (Å²) in [5, 5.41) is 17.6. The number of hydrogen-bond donors (Lipinski definition) is 2. The van der Waals surface area contributed by atoms with Gasteiger partial charge in [-0.3, -0.25) is 4.79 Å². The number of rotatable bonds is 8. The number of carboxylic acids is 2. The van der Waals surface area contributed by atoms with Gasteiger partial charge in [0.15, 0.2) is 5.09 Å². The van der Waals surface area contributed by atoms with E-state index in [-0.39, 0.29) is 12.2 Å². The van der Waals surface area contributed by atoms with Crippen LogP contribution >= 0.6 is 11.8 Å². The molecular formula is C11H14O5S.